The molecule has 2 rings (SSSR count). The van der Waals surface area contributed by atoms with Gasteiger partial charge in [0.25, 0.3) is 5.91 Å². The van der Waals surface area contributed by atoms with Gasteiger partial charge in [-0.1, -0.05) is 34.8 Å². The fourth-order valence-corrected chi connectivity index (χ4v) is 2.34. The SMILES string of the molecule is O=C(c1c(Cl)ccc(Cl)c1Cl)N1CCOCC1. The minimum atomic E-state index is -0.203. The van der Waals surface area contributed by atoms with Crippen LogP contribution in [0.2, 0.25) is 15.1 Å². The van der Waals surface area contributed by atoms with Crippen molar-refractivity contribution >= 4 is 40.7 Å². The Labute approximate surface area is 114 Å². The van der Waals surface area contributed by atoms with E-state index in [4.69, 9.17) is 39.5 Å². The summed E-state index contributed by atoms with van der Waals surface area (Å²) >= 11 is 17.9. The summed E-state index contributed by atoms with van der Waals surface area (Å²) in [5.41, 5.74) is 0.266. The number of rotatable bonds is 1. The van der Waals surface area contributed by atoms with Gasteiger partial charge in [0, 0.05) is 13.1 Å². The third-order valence-corrected chi connectivity index (χ3v) is 3.68. The highest BCUT2D eigenvalue weighted by Gasteiger charge is 2.24. The molecule has 1 heterocycles. The zero-order valence-corrected chi connectivity index (χ0v) is 11.1. The van der Waals surface area contributed by atoms with Crippen LogP contribution >= 0.6 is 34.8 Å². The zero-order valence-electron chi connectivity index (χ0n) is 8.88. The summed E-state index contributed by atoms with van der Waals surface area (Å²) in [7, 11) is 0. The monoisotopic (exact) mass is 293 g/mol. The molecule has 6 heteroatoms. The van der Waals surface area contributed by atoms with Crippen molar-refractivity contribution in [3.63, 3.8) is 0 Å². The Hall–Kier alpha value is -0.480. The Bertz CT molecular complexity index is 445. The van der Waals surface area contributed by atoms with Crippen molar-refractivity contribution in [1.29, 1.82) is 0 Å². The summed E-state index contributed by atoms with van der Waals surface area (Å²) in [5, 5.41) is 0.847. The molecule has 0 bridgehead atoms. The molecule has 1 aromatic rings. The van der Waals surface area contributed by atoms with Crippen LogP contribution < -0.4 is 0 Å². The smallest absolute Gasteiger partial charge is 0.257 e. The van der Waals surface area contributed by atoms with Crippen molar-refractivity contribution in [2.75, 3.05) is 26.3 Å². The summed E-state index contributed by atoms with van der Waals surface area (Å²) in [6.45, 7) is 2.14. The molecule has 1 saturated heterocycles. The summed E-state index contributed by atoms with van der Waals surface area (Å²) in [6.07, 6.45) is 0. The van der Waals surface area contributed by atoms with Gasteiger partial charge in [0.05, 0.1) is 33.8 Å². The third kappa shape index (κ3) is 2.68. The van der Waals surface area contributed by atoms with Gasteiger partial charge in [-0.2, -0.15) is 0 Å². The number of carbonyl (C=O) groups excluding carboxylic acids is 1. The fourth-order valence-electron chi connectivity index (χ4n) is 1.65. The number of amides is 1. The molecule has 0 aromatic heterocycles. The highest BCUT2D eigenvalue weighted by molar-refractivity contribution is 6.46. The van der Waals surface area contributed by atoms with E-state index >= 15 is 0 Å². The van der Waals surface area contributed by atoms with Crippen molar-refractivity contribution in [2.45, 2.75) is 0 Å². The van der Waals surface area contributed by atoms with Gasteiger partial charge in [-0.15, -0.1) is 0 Å². The Morgan fingerprint density at radius 1 is 1.12 bits per heavy atom. The van der Waals surface area contributed by atoms with Gasteiger partial charge in [0.15, 0.2) is 0 Å². The van der Waals surface area contributed by atoms with Crippen LogP contribution in [0.15, 0.2) is 12.1 Å². The number of morpholine rings is 1. The van der Waals surface area contributed by atoms with E-state index < -0.39 is 0 Å². The number of nitrogens with zero attached hydrogens (tertiary/aromatic N) is 1. The average molecular weight is 295 g/mol. The predicted molar refractivity (Wildman–Crippen MR) is 68.2 cm³/mol. The van der Waals surface area contributed by atoms with Gasteiger partial charge in [0.1, 0.15) is 0 Å². The largest absolute Gasteiger partial charge is 0.378 e. The van der Waals surface area contributed by atoms with Gasteiger partial charge in [0.2, 0.25) is 0 Å². The lowest BCUT2D eigenvalue weighted by atomic mass is 10.2. The summed E-state index contributed by atoms with van der Waals surface area (Å²) in [6, 6.07) is 3.14. The third-order valence-electron chi connectivity index (χ3n) is 2.56. The van der Waals surface area contributed by atoms with E-state index in [0.29, 0.717) is 36.3 Å². The van der Waals surface area contributed by atoms with Crippen LogP contribution in [0.5, 0.6) is 0 Å². The standard InChI is InChI=1S/C11H10Cl3NO2/c12-7-1-2-8(13)10(14)9(7)11(16)15-3-5-17-6-4-15/h1-2H,3-6H2. The van der Waals surface area contributed by atoms with Crippen LogP contribution in [0.25, 0.3) is 0 Å². The lowest BCUT2D eigenvalue weighted by Crippen LogP contribution is -2.40. The van der Waals surface area contributed by atoms with Gasteiger partial charge < -0.3 is 9.64 Å². The molecule has 0 unspecified atom stereocenters. The van der Waals surface area contributed by atoms with E-state index in [1.165, 1.54) is 0 Å². The van der Waals surface area contributed by atoms with Crippen molar-refractivity contribution in [3.8, 4) is 0 Å². The number of hydrogen-bond acceptors (Lipinski definition) is 2. The molecule has 0 N–H and O–H groups in total. The van der Waals surface area contributed by atoms with Crippen LogP contribution in [0, 0.1) is 0 Å². The maximum atomic E-state index is 12.2. The molecule has 17 heavy (non-hydrogen) atoms. The molecular formula is C11H10Cl3NO2. The second kappa shape index (κ2) is 5.44. The number of carbonyl (C=O) groups is 1. The Kier molecular flexibility index (Phi) is 4.15. The second-order valence-corrected chi connectivity index (χ2v) is 4.82. The molecule has 1 aliphatic heterocycles. The molecule has 0 atom stereocenters. The molecule has 1 aromatic carbocycles. The van der Waals surface area contributed by atoms with Crippen LogP contribution in [0.4, 0.5) is 0 Å². The first-order valence-electron chi connectivity index (χ1n) is 5.12. The quantitative estimate of drug-likeness (QED) is 0.745. The Balaban J connectivity index is 2.32. The minimum absolute atomic E-state index is 0.203. The topological polar surface area (TPSA) is 29.5 Å². The van der Waals surface area contributed by atoms with Crippen molar-refractivity contribution in [1.82, 2.24) is 4.90 Å². The van der Waals surface area contributed by atoms with E-state index in [2.05, 4.69) is 0 Å². The minimum Gasteiger partial charge on any atom is -0.378 e. The maximum Gasteiger partial charge on any atom is 0.257 e. The molecule has 1 aliphatic rings. The first kappa shape index (κ1) is 13.0. The van der Waals surface area contributed by atoms with Crippen molar-refractivity contribution in [2.24, 2.45) is 0 Å². The number of benzene rings is 1. The average Bonchev–Trinajstić information content (AvgIpc) is 2.35. The van der Waals surface area contributed by atoms with Gasteiger partial charge in [-0.3, -0.25) is 4.79 Å². The molecule has 0 spiro atoms. The molecule has 0 saturated carbocycles. The molecular weight excluding hydrogens is 284 g/mol. The Morgan fingerprint density at radius 2 is 1.71 bits per heavy atom. The van der Waals surface area contributed by atoms with E-state index in [0.717, 1.165) is 0 Å². The van der Waals surface area contributed by atoms with Crippen molar-refractivity contribution in [3.05, 3.63) is 32.8 Å². The number of halogens is 3. The summed E-state index contributed by atoms with van der Waals surface area (Å²) in [4.78, 5) is 13.9. The van der Waals surface area contributed by atoms with Gasteiger partial charge in [-0.05, 0) is 12.1 Å². The molecule has 1 fully saturated rings. The lowest BCUT2D eigenvalue weighted by Gasteiger charge is -2.27. The molecule has 92 valence electrons. The van der Waals surface area contributed by atoms with E-state index in [9.17, 15) is 4.79 Å². The van der Waals surface area contributed by atoms with Crippen LogP contribution in [0.3, 0.4) is 0 Å². The normalized spacial score (nSPS) is 16.1. The first-order chi connectivity index (χ1) is 8.11. The second-order valence-electron chi connectivity index (χ2n) is 3.62. The van der Waals surface area contributed by atoms with E-state index in [-0.39, 0.29) is 16.5 Å². The highest BCUT2D eigenvalue weighted by atomic mass is 35.5. The number of hydrogen-bond donors (Lipinski definition) is 0. The van der Waals surface area contributed by atoms with Crippen LogP contribution in [-0.2, 0) is 4.74 Å². The highest BCUT2D eigenvalue weighted by Crippen LogP contribution is 2.32. The zero-order chi connectivity index (χ0) is 12.4. The molecule has 1 amide bonds. The van der Waals surface area contributed by atoms with Gasteiger partial charge in [-0.25, -0.2) is 0 Å². The molecule has 3 nitrogen and oxygen atoms in total. The lowest BCUT2D eigenvalue weighted by molar-refractivity contribution is 0.0303. The number of ether oxygens (including phenoxy) is 1. The predicted octanol–water partition coefficient (Wildman–Crippen LogP) is 3.12. The fraction of sp³-hybridized carbons (Fsp3) is 0.364. The maximum absolute atomic E-state index is 12.2. The Morgan fingerprint density at radius 3 is 2.35 bits per heavy atom. The summed E-state index contributed by atoms with van der Waals surface area (Å²) < 4.78 is 5.18. The van der Waals surface area contributed by atoms with Crippen molar-refractivity contribution < 1.29 is 9.53 Å². The van der Waals surface area contributed by atoms with Crippen LogP contribution in [0.1, 0.15) is 10.4 Å². The first-order valence-corrected chi connectivity index (χ1v) is 6.25. The van der Waals surface area contributed by atoms with E-state index in [1.807, 2.05) is 0 Å². The summed E-state index contributed by atoms with van der Waals surface area (Å²) in [5.74, 6) is -0.203. The molecule has 0 aliphatic carbocycles. The molecule has 0 radical (unpaired) electrons. The van der Waals surface area contributed by atoms with Crippen LogP contribution in [-0.4, -0.2) is 37.1 Å². The van der Waals surface area contributed by atoms with Gasteiger partial charge >= 0.3 is 0 Å². The van der Waals surface area contributed by atoms with E-state index in [1.54, 1.807) is 17.0 Å².